The molecule has 3 aromatic rings. The molecule has 0 aliphatic carbocycles. The molecular weight excluding hydrogens is 531 g/mol. The van der Waals surface area contributed by atoms with Gasteiger partial charge in [0.05, 0.1) is 6.21 Å². The van der Waals surface area contributed by atoms with Crippen molar-refractivity contribution in [1.82, 2.24) is 9.99 Å². The summed E-state index contributed by atoms with van der Waals surface area (Å²) >= 11 is 5.75. The average molecular weight is 551 g/mol. The van der Waals surface area contributed by atoms with Crippen molar-refractivity contribution < 1.29 is 4.79 Å². The first-order valence-corrected chi connectivity index (χ1v) is 10.5. The number of urea groups is 1. The number of hydrogen-bond acceptors (Lipinski definition) is 2. The van der Waals surface area contributed by atoms with Crippen LogP contribution in [0.2, 0.25) is 0 Å². The van der Waals surface area contributed by atoms with Gasteiger partial charge >= 0.3 is 6.03 Å². The second-order valence-electron chi connectivity index (χ2n) is 6.43. The van der Waals surface area contributed by atoms with Gasteiger partial charge in [0.25, 0.3) is 0 Å². The van der Waals surface area contributed by atoms with E-state index in [4.69, 9.17) is 0 Å². The normalized spacial score (nSPS) is 11.0. The van der Waals surface area contributed by atoms with Gasteiger partial charge in [-0.25, -0.2) is 10.2 Å². The lowest BCUT2D eigenvalue weighted by molar-refractivity contribution is 0.252. The molecule has 0 saturated heterocycles. The summed E-state index contributed by atoms with van der Waals surface area (Å²) < 4.78 is 4.35. The quantitative estimate of drug-likeness (QED) is 0.236. The van der Waals surface area contributed by atoms with Crippen molar-refractivity contribution in [3.8, 4) is 5.69 Å². The number of nitrogens with zero attached hydrogens (tertiary/aromatic N) is 2. The summed E-state index contributed by atoms with van der Waals surface area (Å²) in [5.41, 5.74) is 8.51. The SMILES string of the molecule is Cc1cc(NC(=O)N/N=C/c2cc(C)n(-c3cccc(I)c3)c2C)ccc1Br. The van der Waals surface area contributed by atoms with Crippen LogP contribution in [0.1, 0.15) is 22.5 Å². The van der Waals surface area contributed by atoms with Gasteiger partial charge in [0.2, 0.25) is 0 Å². The number of halogens is 2. The van der Waals surface area contributed by atoms with Crippen LogP contribution >= 0.6 is 38.5 Å². The lowest BCUT2D eigenvalue weighted by Crippen LogP contribution is -2.24. The summed E-state index contributed by atoms with van der Waals surface area (Å²) in [4.78, 5) is 12.1. The van der Waals surface area contributed by atoms with Crippen LogP contribution in [0.25, 0.3) is 5.69 Å². The van der Waals surface area contributed by atoms with Crippen LogP contribution in [-0.2, 0) is 0 Å². The maximum absolute atomic E-state index is 12.1. The summed E-state index contributed by atoms with van der Waals surface area (Å²) in [6.07, 6.45) is 1.67. The minimum atomic E-state index is -0.385. The minimum Gasteiger partial charge on any atom is -0.318 e. The predicted molar refractivity (Wildman–Crippen MR) is 127 cm³/mol. The van der Waals surface area contributed by atoms with Crippen molar-refractivity contribution in [1.29, 1.82) is 0 Å². The van der Waals surface area contributed by atoms with E-state index < -0.39 is 0 Å². The monoisotopic (exact) mass is 550 g/mol. The molecule has 2 amide bonds. The molecule has 1 aromatic heterocycles. The van der Waals surface area contributed by atoms with Crippen LogP contribution in [0, 0.1) is 24.3 Å². The van der Waals surface area contributed by atoms with Crippen molar-refractivity contribution >= 4 is 56.5 Å². The molecule has 0 fully saturated rings. The smallest absolute Gasteiger partial charge is 0.318 e. The summed E-state index contributed by atoms with van der Waals surface area (Å²) in [6, 6.07) is 15.6. The van der Waals surface area contributed by atoms with E-state index in [0.29, 0.717) is 5.69 Å². The number of amides is 2. The van der Waals surface area contributed by atoms with Crippen molar-refractivity contribution in [3.05, 3.63) is 79.1 Å². The third kappa shape index (κ3) is 4.82. The largest absolute Gasteiger partial charge is 0.339 e. The molecule has 0 aliphatic heterocycles. The van der Waals surface area contributed by atoms with Crippen LogP contribution in [0.5, 0.6) is 0 Å². The van der Waals surface area contributed by atoms with Crippen LogP contribution in [-0.4, -0.2) is 16.8 Å². The number of carbonyl (C=O) groups excluding carboxylic acids is 1. The zero-order valence-electron chi connectivity index (χ0n) is 15.8. The number of aryl methyl sites for hydroxylation is 2. The molecule has 144 valence electrons. The van der Waals surface area contributed by atoms with E-state index in [0.717, 1.165) is 32.7 Å². The first-order chi connectivity index (χ1) is 13.3. The molecule has 0 radical (unpaired) electrons. The summed E-state index contributed by atoms with van der Waals surface area (Å²) in [5.74, 6) is 0. The Balaban J connectivity index is 1.70. The third-order valence-electron chi connectivity index (χ3n) is 4.32. The maximum Gasteiger partial charge on any atom is 0.339 e. The van der Waals surface area contributed by atoms with E-state index in [2.05, 4.69) is 90.1 Å². The number of carbonyl (C=O) groups is 1. The highest BCUT2D eigenvalue weighted by atomic mass is 127. The average Bonchev–Trinajstić information content (AvgIpc) is 2.92. The first kappa shape index (κ1) is 20.6. The number of hydrazone groups is 1. The van der Waals surface area contributed by atoms with E-state index >= 15 is 0 Å². The highest BCUT2D eigenvalue weighted by Crippen LogP contribution is 2.21. The van der Waals surface area contributed by atoms with Gasteiger partial charge in [-0.15, -0.1) is 0 Å². The molecular formula is C21H20BrIN4O. The number of rotatable bonds is 4. The van der Waals surface area contributed by atoms with Gasteiger partial charge < -0.3 is 9.88 Å². The molecule has 5 nitrogen and oxygen atoms in total. The van der Waals surface area contributed by atoms with Gasteiger partial charge in [-0.2, -0.15) is 5.10 Å². The van der Waals surface area contributed by atoms with Gasteiger partial charge in [0.15, 0.2) is 0 Å². The van der Waals surface area contributed by atoms with Crippen molar-refractivity contribution in [3.63, 3.8) is 0 Å². The summed E-state index contributed by atoms with van der Waals surface area (Å²) in [7, 11) is 0. The van der Waals surface area contributed by atoms with E-state index in [9.17, 15) is 4.79 Å². The number of aromatic nitrogens is 1. The number of nitrogens with one attached hydrogen (secondary N) is 2. The number of anilines is 1. The van der Waals surface area contributed by atoms with E-state index in [1.165, 1.54) is 3.57 Å². The molecule has 3 rings (SSSR count). The molecule has 0 bridgehead atoms. The Morgan fingerprint density at radius 2 is 1.93 bits per heavy atom. The minimum absolute atomic E-state index is 0.385. The fourth-order valence-electron chi connectivity index (χ4n) is 2.97. The Labute approximate surface area is 186 Å². The standard InChI is InChI=1S/C21H20BrIN4O/c1-13-9-18(7-8-20(13)22)25-21(28)26-24-12-16-10-14(2)27(15(16)3)19-6-4-5-17(23)11-19/h4-12H,1-3H3,(H2,25,26,28)/b24-12+. The fourth-order valence-corrected chi connectivity index (χ4v) is 3.75. The Morgan fingerprint density at radius 3 is 2.64 bits per heavy atom. The Kier molecular flexibility index (Phi) is 6.56. The second kappa shape index (κ2) is 8.91. The predicted octanol–water partition coefficient (Wildman–Crippen LogP) is 5.93. The van der Waals surface area contributed by atoms with Gasteiger partial charge in [-0.05, 0) is 91.4 Å². The Morgan fingerprint density at radius 1 is 1.14 bits per heavy atom. The molecule has 0 atom stereocenters. The van der Waals surface area contributed by atoms with Gasteiger partial charge in [0, 0.05) is 36.4 Å². The van der Waals surface area contributed by atoms with Crippen molar-refractivity contribution in [2.75, 3.05) is 5.32 Å². The van der Waals surface area contributed by atoms with Crippen LogP contribution in [0.3, 0.4) is 0 Å². The van der Waals surface area contributed by atoms with Gasteiger partial charge in [-0.1, -0.05) is 22.0 Å². The third-order valence-corrected chi connectivity index (χ3v) is 5.88. The fraction of sp³-hybridized carbons (Fsp3) is 0.143. The molecule has 7 heteroatoms. The molecule has 0 spiro atoms. The highest BCUT2D eigenvalue weighted by molar-refractivity contribution is 14.1. The lowest BCUT2D eigenvalue weighted by Gasteiger charge is -2.10. The second-order valence-corrected chi connectivity index (χ2v) is 8.53. The lowest BCUT2D eigenvalue weighted by atomic mass is 10.2. The maximum atomic E-state index is 12.1. The topological polar surface area (TPSA) is 58.4 Å². The van der Waals surface area contributed by atoms with Crippen LogP contribution in [0.15, 0.2) is 58.1 Å². The van der Waals surface area contributed by atoms with Crippen LogP contribution < -0.4 is 10.7 Å². The van der Waals surface area contributed by atoms with Crippen LogP contribution in [0.4, 0.5) is 10.5 Å². The van der Waals surface area contributed by atoms with E-state index in [1.807, 2.05) is 38.1 Å². The molecule has 0 aliphatic rings. The molecule has 2 N–H and O–H groups in total. The number of benzene rings is 2. The van der Waals surface area contributed by atoms with E-state index in [1.54, 1.807) is 6.21 Å². The van der Waals surface area contributed by atoms with Crippen molar-refractivity contribution in [2.45, 2.75) is 20.8 Å². The highest BCUT2D eigenvalue weighted by Gasteiger charge is 2.10. The summed E-state index contributed by atoms with van der Waals surface area (Å²) in [6.45, 7) is 6.06. The first-order valence-electron chi connectivity index (χ1n) is 8.66. The molecule has 0 saturated carbocycles. The molecule has 2 aromatic carbocycles. The molecule has 0 unspecified atom stereocenters. The van der Waals surface area contributed by atoms with Gasteiger partial charge in [-0.3, -0.25) is 0 Å². The van der Waals surface area contributed by atoms with Gasteiger partial charge in [0.1, 0.15) is 0 Å². The zero-order chi connectivity index (χ0) is 20.3. The molecule has 1 heterocycles. The van der Waals surface area contributed by atoms with Crippen molar-refractivity contribution in [2.24, 2.45) is 5.10 Å². The Hall–Kier alpha value is -2.13. The Bertz CT molecular complexity index is 1060. The molecule has 28 heavy (non-hydrogen) atoms. The zero-order valence-corrected chi connectivity index (χ0v) is 19.5. The summed E-state index contributed by atoms with van der Waals surface area (Å²) in [5, 5.41) is 6.86. The number of hydrogen-bond donors (Lipinski definition) is 2. The van der Waals surface area contributed by atoms with E-state index in [-0.39, 0.29) is 6.03 Å².